The van der Waals surface area contributed by atoms with Gasteiger partial charge in [0.05, 0.1) is 0 Å². The van der Waals surface area contributed by atoms with E-state index >= 15 is 0 Å². The van der Waals surface area contributed by atoms with Gasteiger partial charge in [0, 0.05) is 30.7 Å². The van der Waals surface area contributed by atoms with Crippen molar-refractivity contribution in [3.8, 4) is 0 Å². The Balaban J connectivity index is 1.83. The average Bonchev–Trinajstić information content (AvgIpc) is 2.47. The Morgan fingerprint density at radius 1 is 1.00 bits per heavy atom. The molecule has 0 spiro atoms. The van der Waals surface area contributed by atoms with Crippen LogP contribution in [0.15, 0.2) is 54.6 Å². The van der Waals surface area contributed by atoms with Crippen LogP contribution < -0.4 is 10.6 Å². The molecule has 2 aromatic rings. The Hall–Kier alpha value is -1.87. The van der Waals surface area contributed by atoms with Gasteiger partial charge in [0.25, 0.3) is 0 Å². The molecule has 2 aromatic carbocycles. The molecule has 1 saturated heterocycles. The number of nitrogens with zero attached hydrogens (tertiary/aromatic N) is 1. The quantitative estimate of drug-likeness (QED) is 0.908. The number of piperidine rings is 1. The topological polar surface area (TPSA) is 29.3 Å². The van der Waals surface area contributed by atoms with E-state index in [9.17, 15) is 4.39 Å². The molecule has 2 atom stereocenters. The van der Waals surface area contributed by atoms with Crippen LogP contribution in [0.4, 0.5) is 10.1 Å². The Kier molecular flexibility index (Phi) is 3.70. The summed E-state index contributed by atoms with van der Waals surface area (Å²) in [5, 5.41) is 0. The van der Waals surface area contributed by atoms with E-state index in [0.29, 0.717) is 5.92 Å². The van der Waals surface area contributed by atoms with Crippen molar-refractivity contribution in [2.75, 3.05) is 18.0 Å². The largest absolute Gasteiger partial charge is 0.369 e. The Morgan fingerprint density at radius 2 is 1.80 bits per heavy atom. The van der Waals surface area contributed by atoms with E-state index in [1.807, 2.05) is 12.1 Å². The summed E-state index contributed by atoms with van der Waals surface area (Å²) in [6.45, 7) is 1.67. The van der Waals surface area contributed by atoms with Gasteiger partial charge in [0.15, 0.2) is 0 Å². The van der Waals surface area contributed by atoms with Crippen LogP contribution in [0.25, 0.3) is 0 Å². The van der Waals surface area contributed by atoms with Crippen LogP contribution in [-0.2, 0) is 0 Å². The molecular weight excluding hydrogens is 251 g/mol. The molecule has 0 radical (unpaired) electrons. The molecule has 3 rings (SSSR count). The number of benzene rings is 2. The Morgan fingerprint density at radius 3 is 2.55 bits per heavy atom. The summed E-state index contributed by atoms with van der Waals surface area (Å²) in [4.78, 5) is 2.19. The molecular formula is C17H19FN2. The highest BCUT2D eigenvalue weighted by atomic mass is 19.1. The lowest BCUT2D eigenvalue weighted by Crippen LogP contribution is -2.46. The third-order valence-electron chi connectivity index (χ3n) is 3.93. The average molecular weight is 270 g/mol. The minimum absolute atomic E-state index is 0.122. The molecule has 1 fully saturated rings. The summed E-state index contributed by atoms with van der Waals surface area (Å²) in [5.74, 6) is 0.209. The highest BCUT2D eigenvalue weighted by Crippen LogP contribution is 2.29. The maximum Gasteiger partial charge on any atom is 0.125 e. The summed E-state index contributed by atoms with van der Waals surface area (Å²) in [6, 6.07) is 17.3. The molecule has 1 aliphatic heterocycles. The van der Waals surface area contributed by atoms with Crippen molar-refractivity contribution >= 4 is 5.69 Å². The summed E-state index contributed by atoms with van der Waals surface area (Å²) >= 11 is 0. The van der Waals surface area contributed by atoms with Gasteiger partial charge in [-0.2, -0.15) is 0 Å². The van der Waals surface area contributed by atoms with E-state index in [0.717, 1.165) is 25.2 Å². The van der Waals surface area contributed by atoms with Crippen LogP contribution in [0.1, 0.15) is 17.9 Å². The molecule has 3 heteroatoms. The third kappa shape index (κ3) is 2.83. The monoisotopic (exact) mass is 270 g/mol. The second-order valence-electron chi connectivity index (χ2n) is 5.49. The summed E-state index contributed by atoms with van der Waals surface area (Å²) in [6.07, 6.45) is 0.982. The zero-order valence-corrected chi connectivity index (χ0v) is 11.4. The van der Waals surface area contributed by atoms with Crippen molar-refractivity contribution in [3.63, 3.8) is 0 Å². The number of halogens is 1. The zero-order valence-electron chi connectivity index (χ0n) is 11.4. The van der Waals surface area contributed by atoms with Gasteiger partial charge in [0.2, 0.25) is 0 Å². The zero-order chi connectivity index (χ0) is 13.9. The number of nitrogens with two attached hydrogens (primary N) is 1. The second kappa shape index (κ2) is 5.63. The SMILES string of the molecule is NC1CC(c2ccccc2)CN(c2cccc(F)c2)C1. The van der Waals surface area contributed by atoms with Gasteiger partial charge in [-0.3, -0.25) is 0 Å². The lowest BCUT2D eigenvalue weighted by molar-refractivity contribution is 0.453. The normalized spacial score (nSPS) is 22.8. The summed E-state index contributed by atoms with van der Waals surface area (Å²) in [7, 11) is 0. The summed E-state index contributed by atoms with van der Waals surface area (Å²) < 4.78 is 13.4. The fourth-order valence-corrected chi connectivity index (χ4v) is 2.99. The number of hydrogen-bond donors (Lipinski definition) is 1. The fourth-order valence-electron chi connectivity index (χ4n) is 2.99. The van der Waals surface area contributed by atoms with Gasteiger partial charge in [-0.05, 0) is 30.2 Å². The van der Waals surface area contributed by atoms with Crippen molar-refractivity contribution in [3.05, 3.63) is 66.0 Å². The van der Waals surface area contributed by atoms with Crippen LogP contribution in [0.2, 0.25) is 0 Å². The van der Waals surface area contributed by atoms with Crippen LogP contribution in [0, 0.1) is 5.82 Å². The number of rotatable bonds is 2. The molecule has 0 aliphatic carbocycles. The van der Waals surface area contributed by atoms with Gasteiger partial charge in [-0.15, -0.1) is 0 Å². The lowest BCUT2D eigenvalue weighted by Gasteiger charge is -2.38. The maximum absolute atomic E-state index is 13.4. The number of hydrogen-bond acceptors (Lipinski definition) is 2. The van der Waals surface area contributed by atoms with E-state index in [2.05, 4.69) is 29.2 Å². The van der Waals surface area contributed by atoms with Gasteiger partial charge in [-0.25, -0.2) is 4.39 Å². The van der Waals surface area contributed by atoms with Gasteiger partial charge < -0.3 is 10.6 Å². The van der Waals surface area contributed by atoms with Crippen LogP contribution in [-0.4, -0.2) is 19.1 Å². The number of anilines is 1. The first-order valence-electron chi connectivity index (χ1n) is 7.03. The van der Waals surface area contributed by atoms with Crippen molar-refractivity contribution in [2.45, 2.75) is 18.4 Å². The first kappa shape index (κ1) is 13.1. The molecule has 0 bridgehead atoms. The van der Waals surface area contributed by atoms with Crippen molar-refractivity contribution < 1.29 is 4.39 Å². The van der Waals surface area contributed by atoms with Crippen molar-refractivity contribution in [2.24, 2.45) is 5.73 Å². The van der Waals surface area contributed by atoms with Gasteiger partial charge in [-0.1, -0.05) is 36.4 Å². The molecule has 2 N–H and O–H groups in total. The van der Waals surface area contributed by atoms with Crippen LogP contribution >= 0.6 is 0 Å². The Labute approximate surface area is 119 Å². The second-order valence-corrected chi connectivity index (χ2v) is 5.49. The predicted molar refractivity (Wildman–Crippen MR) is 80.4 cm³/mol. The minimum atomic E-state index is -0.196. The van der Waals surface area contributed by atoms with E-state index in [4.69, 9.17) is 5.73 Å². The molecule has 2 nitrogen and oxygen atoms in total. The Bertz CT molecular complexity index is 570. The van der Waals surface area contributed by atoms with Crippen LogP contribution in [0.3, 0.4) is 0 Å². The third-order valence-corrected chi connectivity index (χ3v) is 3.93. The molecule has 20 heavy (non-hydrogen) atoms. The summed E-state index contributed by atoms with van der Waals surface area (Å²) in [5.41, 5.74) is 8.42. The first-order chi connectivity index (χ1) is 9.72. The van der Waals surface area contributed by atoms with Crippen molar-refractivity contribution in [1.82, 2.24) is 0 Å². The van der Waals surface area contributed by atoms with Crippen molar-refractivity contribution in [1.29, 1.82) is 0 Å². The smallest absolute Gasteiger partial charge is 0.125 e. The molecule has 0 saturated carbocycles. The van der Waals surface area contributed by atoms with Crippen LogP contribution in [0.5, 0.6) is 0 Å². The van der Waals surface area contributed by atoms with E-state index in [1.54, 1.807) is 12.1 Å². The fraction of sp³-hybridized carbons (Fsp3) is 0.294. The van der Waals surface area contributed by atoms with Gasteiger partial charge >= 0.3 is 0 Å². The first-order valence-corrected chi connectivity index (χ1v) is 7.03. The molecule has 0 amide bonds. The lowest BCUT2D eigenvalue weighted by atomic mass is 9.88. The molecule has 104 valence electrons. The molecule has 0 aromatic heterocycles. The van der Waals surface area contributed by atoms with Gasteiger partial charge in [0.1, 0.15) is 5.82 Å². The highest BCUT2D eigenvalue weighted by molar-refractivity contribution is 5.48. The molecule has 1 heterocycles. The predicted octanol–water partition coefficient (Wildman–Crippen LogP) is 3.15. The molecule has 2 unspecified atom stereocenters. The van der Waals surface area contributed by atoms with E-state index < -0.39 is 0 Å². The van der Waals surface area contributed by atoms with E-state index in [1.165, 1.54) is 11.6 Å². The standard InChI is InChI=1S/C17H19FN2/c18-15-7-4-8-17(10-15)20-11-14(9-16(19)12-20)13-5-2-1-3-6-13/h1-8,10,14,16H,9,11-12,19H2. The minimum Gasteiger partial charge on any atom is -0.369 e. The van der Waals surface area contributed by atoms with E-state index in [-0.39, 0.29) is 11.9 Å². The maximum atomic E-state index is 13.4. The molecule has 1 aliphatic rings. The highest BCUT2D eigenvalue weighted by Gasteiger charge is 2.26.